The molecular weight excluding hydrogens is 536 g/mol. The van der Waals surface area contributed by atoms with Gasteiger partial charge in [0.05, 0.1) is 28.5 Å². The van der Waals surface area contributed by atoms with E-state index in [0.29, 0.717) is 11.4 Å². The second kappa shape index (κ2) is 9.30. The third-order valence-corrected chi connectivity index (χ3v) is 9.57. The number of nitrogen functional groups attached to an aromatic ring is 1. The van der Waals surface area contributed by atoms with Crippen LogP contribution in [0.25, 0.3) is 43.5 Å². The number of amides is 1. The number of carbonyl (C=O) groups is 1. The highest BCUT2D eigenvalue weighted by Gasteiger charge is 2.68. The first-order chi connectivity index (χ1) is 19.7. The number of rotatable bonds is 6. The molecule has 1 aliphatic carbocycles. The average molecular weight is 571 g/mol. The highest BCUT2D eigenvalue weighted by molar-refractivity contribution is 7.17. The third kappa shape index (κ3) is 4.27. The lowest BCUT2D eigenvalue weighted by molar-refractivity contribution is 0.0339. The number of fused-ring (bicyclic) bond motifs is 2. The summed E-state index contributed by atoms with van der Waals surface area (Å²) in [4.78, 5) is 23.7. The Kier molecular flexibility index (Phi) is 5.90. The number of aromatic nitrogens is 4. The zero-order valence-corrected chi connectivity index (χ0v) is 24.6. The van der Waals surface area contributed by atoms with Gasteiger partial charge in [-0.05, 0) is 65.0 Å². The van der Waals surface area contributed by atoms with Crippen molar-refractivity contribution < 1.29 is 13.9 Å². The minimum absolute atomic E-state index is 0.0339. The molecule has 2 atom stereocenters. The molecule has 0 radical (unpaired) electrons. The van der Waals surface area contributed by atoms with Gasteiger partial charge in [-0.3, -0.25) is 14.6 Å². The Morgan fingerprint density at radius 3 is 2.80 bits per heavy atom. The van der Waals surface area contributed by atoms with E-state index in [2.05, 4.69) is 28.5 Å². The van der Waals surface area contributed by atoms with E-state index >= 15 is 0 Å². The van der Waals surface area contributed by atoms with E-state index in [1.807, 2.05) is 54.9 Å². The molecule has 1 saturated heterocycles. The van der Waals surface area contributed by atoms with Crippen LogP contribution in [0.3, 0.4) is 0 Å². The first kappa shape index (κ1) is 26.0. The van der Waals surface area contributed by atoms with Gasteiger partial charge in [-0.25, -0.2) is 9.78 Å². The summed E-state index contributed by atoms with van der Waals surface area (Å²) in [5.74, 6) is 1.11. The molecule has 10 heteroatoms. The smallest absolute Gasteiger partial charge is 0.411 e. The Morgan fingerprint density at radius 2 is 2.07 bits per heavy atom. The fourth-order valence-electron chi connectivity index (χ4n) is 6.37. The summed E-state index contributed by atoms with van der Waals surface area (Å²) in [5.41, 5.74) is 9.18. The van der Waals surface area contributed by atoms with Crippen LogP contribution in [0.5, 0.6) is 0 Å². The number of ether oxygens (including phenoxy) is 1. The van der Waals surface area contributed by atoms with E-state index in [1.54, 1.807) is 23.7 Å². The van der Waals surface area contributed by atoms with Gasteiger partial charge >= 0.3 is 6.09 Å². The molecule has 2 aliphatic rings. The van der Waals surface area contributed by atoms with Crippen molar-refractivity contribution in [2.75, 3.05) is 5.73 Å². The van der Waals surface area contributed by atoms with Crippen molar-refractivity contribution in [2.24, 2.45) is 0 Å². The second-order valence-electron chi connectivity index (χ2n) is 12.3. The Labute approximate surface area is 242 Å². The van der Waals surface area contributed by atoms with Gasteiger partial charge in [0.2, 0.25) is 0 Å². The Morgan fingerprint density at radius 1 is 1.24 bits per heavy atom. The second-order valence-corrected chi connectivity index (χ2v) is 13.2. The van der Waals surface area contributed by atoms with Crippen LogP contribution in [-0.2, 0) is 4.74 Å². The Bertz CT molecular complexity index is 1780. The summed E-state index contributed by atoms with van der Waals surface area (Å²) in [6.45, 7) is 7.93. The molecule has 0 unspecified atom stereocenters. The number of nitrogens with zero attached hydrogens (tertiary/aromatic N) is 5. The molecule has 41 heavy (non-hydrogen) atoms. The van der Waals surface area contributed by atoms with E-state index in [9.17, 15) is 4.79 Å². The maximum Gasteiger partial charge on any atom is 0.411 e. The highest BCUT2D eigenvalue weighted by Crippen LogP contribution is 2.58. The molecule has 0 aromatic carbocycles. The van der Waals surface area contributed by atoms with Gasteiger partial charge in [-0.1, -0.05) is 6.92 Å². The van der Waals surface area contributed by atoms with Gasteiger partial charge < -0.3 is 14.9 Å². The number of hydrogen-bond donors (Lipinski definition) is 1. The number of thiophene rings is 1. The summed E-state index contributed by atoms with van der Waals surface area (Å²) in [6.07, 6.45) is 14.2. The largest absolute Gasteiger partial charge is 0.452 e. The van der Waals surface area contributed by atoms with E-state index in [0.717, 1.165) is 70.0 Å². The quantitative estimate of drug-likeness (QED) is 0.211. The predicted molar refractivity (Wildman–Crippen MR) is 161 cm³/mol. The van der Waals surface area contributed by atoms with Crippen LogP contribution >= 0.6 is 11.3 Å². The van der Waals surface area contributed by atoms with Crippen molar-refractivity contribution in [1.29, 1.82) is 0 Å². The van der Waals surface area contributed by atoms with Crippen molar-refractivity contribution >= 4 is 44.3 Å². The monoisotopic (exact) mass is 570 g/mol. The molecule has 1 amide bonds. The number of hydrogen-bond acceptors (Lipinski definition) is 8. The molecule has 2 N–H and O–H groups in total. The van der Waals surface area contributed by atoms with Crippen molar-refractivity contribution in [3.63, 3.8) is 0 Å². The van der Waals surface area contributed by atoms with Gasteiger partial charge in [-0.15, -0.1) is 11.3 Å². The first-order valence-corrected chi connectivity index (χ1v) is 15.1. The van der Waals surface area contributed by atoms with Gasteiger partial charge in [0.25, 0.3) is 0 Å². The first-order valence-electron chi connectivity index (χ1n) is 14.2. The van der Waals surface area contributed by atoms with Crippen LogP contribution in [0.1, 0.15) is 65.8 Å². The molecule has 212 valence electrons. The fraction of sp³-hybridized carbons (Fsp3) is 0.419. The number of pyridine rings is 2. The average Bonchev–Trinajstić information content (AvgIpc) is 3.33. The summed E-state index contributed by atoms with van der Waals surface area (Å²) < 4.78 is 15.2. The molecule has 1 aliphatic heterocycles. The fourth-order valence-corrected chi connectivity index (χ4v) is 7.29. The zero-order chi connectivity index (χ0) is 28.5. The van der Waals surface area contributed by atoms with E-state index < -0.39 is 5.60 Å². The molecular formula is C31H34N6O3S. The Hall–Kier alpha value is -3.92. The van der Waals surface area contributed by atoms with Crippen LogP contribution < -0.4 is 5.73 Å². The topological polar surface area (TPSA) is 112 Å². The van der Waals surface area contributed by atoms with Gasteiger partial charge in [-0.2, -0.15) is 5.10 Å². The Balaban J connectivity index is 1.17. The van der Waals surface area contributed by atoms with Crippen LogP contribution in [0, 0.1) is 0 Å². The highest BCUT2D eigenvalue weighted by atomic mass is 32.1. The lowest BCUT2D eigenvalue weighted by Gasteiger charge is -2.28. The van der Waals surface area contributed by atoms with Crippen LogP contribution in [0.2, 0.25) is 0 Å². The predicted octanol–water partition coefficient (Wildman–Crippen LogP) is 7.43. The lowest BCUT2D eigenvalue weighted by atomic mass is 9.80. The molecule has 5 aromatic rings. The minimum Gasteiger partial charge on any atom is -0.452 e. The third-order valence-electron chi connectivity index (χ3n) is 8.64. The van der Waals surface area contributed by atoms with Crippen molar-refractivity contribution in [3.8, 4) is 22.5 Å². The SMILES string of the molecule is CC[C@@H](C[C@@H]1N(C(=O)OC(C)(C)C)C12CCC2)n1cc(-c2cnc(N)c3oc(-c4csc5cnccc45)cc23)cn1. The lowest BCUT2D eigenvalue weighted by Crippen LogP contribution is -2.34. The van der Waals surface area contributed by atoms with Gasteiger partial charge in [0.15, 0.2) is 11.4 Å². The van der Waals surface area contributed by atoms with Crippen LogP contribution in [-0.4, -0.2) is 47.9 Å². The summed E-state index contributed by atoms with van der Waals surface area (Å²) in [6, 6.07) is 4.38. The summed E-state index contributed by atoms with van der Waals surface area (Å²) in [5, 5.41) is 8.87. The minimum atomic E-state index is -0.505. The van der Waals surface area contributed by atoms with E-state index in [1.165, 1.54) is 0 Å². The normalized spacial score (nSPS) is 18.6. The molecule has 1 saturated carbocycles. The molecule has 2 fully saturated rings. The van der Waals surface area contributed by atoms with Gasteiger partial charge in [0.1, 0.15) is 11.4 Å². The molecule has 7 rings (SSSR count). The molecule has 1 spiro atoms. The maximum absolute atomic E-state index is 13.0. The number of carbonyl (C=O) groups excluding carboxylic acids is 1. The number of anilines is 1. The standard InChI is InChI=1S/C31H34N6O3S/c1-5-19(11-26-31(8-6-9-31)37(26)29(38)40-30(2,3)4)36-16-18(13-35-36)22-14-34-28(32)27-21(22)12-24(39-27)23-17-41-25-15-33-10-7-20(23)25/h7,10,12-17,19,26H,5-6,8-9,11H2,1-4H3,(H2,32,34)/t19-,26-,37?/m0/s1. The summed E-state index contributed by atoms with van der Waals surface area (Å²) in [7, 11) is 0. The van der Waals surface area contributed by atoms with E-state index in [-0.39, 0.29) is 23.7 Å². The van der Waals surface area contributed by atoms with Gasteiger partial charge in [0, 0.05) is 57.6 Å². The number of furan rings is 1. The van der Waals surface area contributed by atoms with Crippen LogP contribution in [0.15, 0.2) is 52.9 Å². The molecule has 9 nitrogen and oxygen atoms in total. The molecule has 6 heterocycles. The zero-order valence-electron chi connectivity index (χ0n) is 23.8. The summed E-state index contributed by atoms with van der Waals surface area (Å²) >= 11 is 1.64. The van der Waals surface area contributed by atoms with Crippen LogP contribution in [0.4, 0.5) is 10.6 Å². The van der Waals surface area contributed by atoms with Crippen molar-refractivity contribution in [2.45, 2.75) is 83.0 Å². The molecule has 0 bridgehead atoms. The maximum atomic E-state index is 13.0. The molecule has 5 aromatic heterocycles. The van der Waals surface area contributed by atoms with Crippen molar-refractivity contribution in [1.82, 2.24) is 24.6 Å². The number of nitrogens with two attached hydrogens (primary N) is 1. The van der Waals surface area contributed by atoms with E-state index in [4.69, 9.17) is 20.0 Å². The van der Waals surface area contributed by atoms with Crippen molar-refractivity contribution in [3.05, 3.63) is 48.5 Å².